The predicted molar refractivity (Wildman–Crippen MR) is 118 cm³/mol. The summed E-state index contributed by atoms with van der Waals surface area (Å²) < 4.78 is 21.7. The second-order valence-corrected chi connectivity index (χ2v) is 9.90. The number of fused-ring (bicyclic) bond motifs is 1. The molecular weight excluding hydrogens is 383 g/mol. The number of hydrogen-bond donors (Lipinski definition) is 0. The molecule has 4 heterocycles. The molecule has 7 heteroatoms. The van der Waals surface area contributed by atoms with Crippen molar-refractivity contribution in [1.29, 1.82) is 0 Å². The van der Waals surface area contributed by atoms with E-state index in [4.69, 9.17) is 14.0 Å². The lowest BCUT2D eigenvalue weighted by atomic mass is 9.77. The highest BCUT2D eigenvalue weighted by Gasteiger charge is 2.52. The van der Waals surface area contributed by atoms with Crippen LogP contribution in [0.3, 0.4) is 0 Å². The van der Waals surface area contributed by atoms with Gasteiger partial charge in [0.25, 0.3) is 0 Å². The SMILES string of the molecule is CC1(C)OB(c2ccc(-c3cnn(C4CCCCO4)c3)c3ccsc23)OC1(C)C. The van der Waals surface area contributed by atoms with E-state index in [2.05, 4.69) is 62.6 Å². The molecule has 152 valence electrons. The molecule has 29 heavy (non-hydrogen) atoms. The van der Waals surface area contributed by atoms with Gasteiger partial charge in [-0.2, -0.15) is 5.10 Å². The third kappa shape index (κ3) is 3.24. The van der Waals surface area contributed by atoms with E-state index in [9.17, 15) is 0 Å². The lowest BCUT2D eigenvalue weighted by Gasteiger charge is -2.32. The van der Waals surface area contributed by atoms with E-state index >= 15 is 0 Å². The van der Waals surface area contributed by atoms with Crippen LogP contribution in [0, 0.1) is 0 Å². The molecule has 0 radical (unpaired) electrons. The van der Waals surface area contributed by atoms with E-state index in [-0.39, 0.29) is 24.5 Å². The number of aromatic nitrogens is 2. The smallest absolute Gasteiger partial charge is 0.399 e. The van der Waals surface area contributed by atoms with Gasteiger partial charge in [-0.05, 0) is 64.0 Å². The zero-order chi connectivity index (χ0) is 20.2. The van der Waals surface area contributed by atoms with Crippen molar-refractivity contribution in [3.05, 3.63) is 36.0 Å². The van der Waals surface area contributed by atoms with Crippen LogP contribution in [0.15, 0.2) is 36.0 Å². The highest BCUT2D eigenvalue weighted by atomic mass is 32.1. The minimum absolute atomic E-state index is 0.0551. The van der Waals surface area contributed by atoms with Crippen LogP contribution in [0.5, 0.6) is 0 Å². The first-order valence-corrected chi connectivity index (χ1v) is 11.3. The van der Waals surface area contributed by atoms with E-state index in [1.807, 2.05) is 10.9 Å². The fraction of sp³-hybridized carbons (Fsp3) is 0.500. The number of thiophene rings is 1. The van der Waals surface area contributed by atoms with Gasteiger partial charge < -0.3 is 14.0 Å². The van der Waals surface area contributed by atoms with Gasteiger partial charge in [-0.15, -0.1) is 11.3 Å². The van der Waals surface area contributed by atoms with E-state index in [0.29, 0.717) is 0 Å². The first-order chi connectivity index (χ1) is 13.9. The van der Waals surface area contributed by atoms with Crippen LogP contribution >= 0.6 is 11.3 Å². The first kappa shape index (κ1) is 19.3. The summed E-state index contributed by atoms with van der Waals surface area (Å²) >= 11 is 1.73. The van der Waals surface area contributed by atoms with Crippen LogP contribution in [0.4, 0.5) is 0 Å². The molecule has 5 nitrogen and oxygen atoms in total. The molecule has 2 aliphatic rings. The van der Waals surface area contributed by atoms with E-state index in [1.165, 1.54) is 22.1 Å². The molecule has 1 aromatic carbocycles. The summed E-state index contributed by atoms with van der Waals surface area (Å²) in [5.41, 5.74) is 2.70. The van der Waals surface area contributed by atoms with Gasteiger partial charge in [0, 0.05) is 33.9 Å². The molecule has 0 aliphatic carbocycles. The normalized spacial score (nSPS) is 23.7. The largest absolute Gasteiger partial charge is 0.496 e. The Labute approximate surface area is 176 Å². The molecule has 5 rings (SSSR count). The van der Waals surface area contributed by atoms with Crippen LogP contribution in [-0.4, -0.2) is 34.7 Å². The summed E-state index contributed by atoms with van der Waals surface area (Å²) in [6.07, 6.45) is 7.46. The maximum absolute atomic E-state index is 6.31. The lowest BCUT2D eigenvalue weighted by molar-refractivity contribution is -0.0394. The van der Waals surface area contributed by atoms with Crippen molar-refractivity contribution in [2.45, 2.75) is 64.4 Å². The molecule has 2 aliphatic heterocycles. The van der Waals surface area contributed by atoms with Gasteiger partial charge in [0.15, 0.2) is 0 Å². The monoisotopic (exact) mass is 410 g/mol. The van der Waals surface area contributed by atoms with Crippen molar-refractivity contribution < 1.29 is 14.0 Å². The molecule has 1 atom stereocenters. The number of hydrogen-bond acceptors (Lipinski definition) is 5. The summed E-state index contributed by atoms with van der Waals surface area (Å²) in [6, 6.07) is 6.49. The van der Waals surface area contributed by atoms with Crippen LogP contribution in [0.2, 0.25) is 0 Å². The summed E-state index contributed by atoms with van der Waals surface area (Å²) in [5, 5.41) is 7.94. The molecule has 0 N–H and O–H groups in total. The van der Waals surface area contributed by atoms with Gasteiger partial charge in [0.1, 0.15) is 6.23 Å². The number of ether oxygens (including phenoxy) is 1. The number of benzene rings is 1. The molecule has 0 amide bonds. The van der Waals surface area contributed by atoms with Crippen LogP contribution < -0.4 is 5.46 Å². The molecule has 2 aromatic heterocycles. The van der Waals surface area contributed by atoms with Crippen LogP contribution in [-0.2, 0) is 14.0 Å². The van der Waals surface area contributed by atoms with Gasteiger partial charge in [-0.3, -0.25) is 0 Å². The Morgan fingerprint density at radius 1 is 1.10 bits per heavy atom. The minimum atomic E-state index is -0.353. The molecule has 2 fully saturated rings. The molecule has 0 spiro atoms. The standard InChI is InChI=1S/C22H27BN2O3S/c1-21(2)22(3,4)28-23(27-21)18-9-8-16(17-10-12-29-20(17)18)15-13-24-25(14-15)19-7-5-6-11-26-19/h8-10,12-14,19H,5-7,11H2,1-4H3. The molecule has 2 saturated heterocycles. The van der Waals surface area contributed by atoms with Crippen molar-refractivity contribution in [2.75, 3.05) is 6.61 Å². The summed E-state index contributed by atoms with van der Waals surface area (Å²) in [7, 11) is -0.353. The quantitative estimate of drug-likeness (QED) is 0.584. The topological polar surface area (TPSA) is 45.5 Å². The van der Waals surface area contributed by atoms with Crippen molar-refractivity contribution >= 4 is 34.0 Å². The molecule has 1 unspecified atom stereocenters. The van der Waals surface area contributed by atoms with E-state index < -0.39 is 0 Å². The van der Waals surface area contributed by atoms with Crippen molar-refractivity contribution in [2.24, 2.45) is 0 Å². The van der Waals surface area contributed by atoms with Gasteiger partial charge in [0.2, 0.25) is 0 Å². The average molecular weight is 410 g/mol. The lowest BCUT2D eigenvalue weighted by Crippen LogP contribution is -2.41. The Bertz CT molecular complexity index is 1020. The zero-order valence-corrected chi connectivity index (χ0v) is 18.3. The fourth-order valence-corrected chi connectivity index (χ4v) is 5.00. The van der Waals surface area contributed by atoms with Crippen LogP contribution in [0.1, 0.15) is 53.2 Å². The van der Waals surface area contributed by atoms with Gasteiger partial charge in [-0.1, -0.05) is 12.1 Å². The molecule has 3 aromatic rings. The predicted octanol–water partition coefficient (Wildman–Crippen LogP) is 4.76. The number of rotatable bonds is 3. The third-order valence-corrected chi connectivity index (χ3v) is 7.48. The van der Waals surface area contributed by atoms with Crippen LogP contribution in [0.25, 0.3) is 21.2 Å². The highest BCUT2D eigenvalue weighted by Crippen LogP contribution is 2.38. The van der Waals surface area contributed by atoms with Crippen molar-refractivity contribution in [1.82, 2.24) is 9.78 Å². The van der Waals surface area contributed by atoms with Crippen molar-refractivity contribution in [3.63, 3.8) is 0 Å². The molecular formula is C22H27BN2O3S. The molecule has 0 saturated carbocycles. The van der Waals surface area contributed by atoms with Crippen molar-refractivity contribution in [3.8, 4) is 11.1 Å². The zero-order valence-electron chi connectivity index (χ0n) is 17.5. The highest BCUT2D eigenvalue weighted by molar-refractivity contribution is 7.18. The first-order valence-electron chi connectivity index (χ1n) is 10.4. The second kappa shape index (κ2) is 6.94. The Hall–Kier alpha value is -1.67. The summed E-state index contributed by atoms with van der Waals surface area (Å²) in [6.45, 7) is 9.18. The maximum Gasteiger partial charge on any atom is 0.496 e. The fourth-order valence-electron chi connectivity index (χ4n) is 4.06. The second-order valence-electron chi connectivity index (χ2n) is 8.98. The van der Waals surface area contributed by atoms with Gasteiger partial charge in [0.05, 0.1) is 17.4 Å². The Morgan fingerprint density at radius 3 is 2.62 bits per heavy atom. The maximum atomic E-state index is 6.31. The summed E-state index contributed by atoms with van der Waals surface area (Å²) in [5.74, 6) is 0. The number of nitrogens with zero attached hydrogens (tertiary/aromatic N) is 2. The Balaban J connectivity index is 1.50. The summed E-state index contributed by atoms with van der Waals surface area (Å²) in [4.78, 5) is 0. The van der Waals surface area contributed by atoms with Gasteiger partial charge >= 0.3 is 7.12 Å². The average Bonchev–Trinajstić information content (AvgIpc) is 3.40. The Kier molecular flexibility index (Phi) is 4.62. The Morgan fingerprint density at radius 2 is 1.90 bits per heavy atom. The third-order valence-electron chi connectivity index (χ3n) is 6.52. The van der Waals surface area contributed by atoms with E-state index in [1.54, 1.807) is 11.3 Å². The van der Waals surface area contributed by atoms with E-state index in [0.717, 1.165) is 30.5 Å². The van der Waals surface area contributed by atoms with Gasteiger partial charge in [-0.25, -0.2) is 4.68 Å². The molecule has 0 bridgehead atoms. The minimum Gasteiger partial charge on any atom is -0.399 e.